The van der Waals surface area contributed by atoms with Crippen LogP contribution in [-0.2, 0) is 13.0 Å². The van der Waals surface area contributed by atoms with E-state index in [2.05, 4.69) is 16.8 Å². The molecule has 0 spiro atoms. The number of H-pyrrole nitrogens is 1. The Bertz CT molecular complexity index is 640. The summed E-state index contributed by atoms with van der Waals surface area (Å²) in [7, 11) is 0. The zero-order valence-corrected chi connectivity index (χ0v) is 12.1. The van der Waals surface area contributed by atoms with Crippen molar-refractivity contribution in [2.45, 2.75) is 45.4 Å². The highest BCUT2D eigenvalue weighted by molar-refractivity contribution is 5.85. The predicted octanol–water partition coefficient (Wildman–Crippen LogP) is 3.80. The van der Waals surface area contributed by atoms with E-state index in [1.165, 1.54) is 6.07 Å². The number of hydrogen-bond acceptors (Lipinski definition) is 1. The lowest BCUT2D eigenvalue weighted by atomic mass is 9.96. The Labute approximate surface area is 117 Å². The molecule has 1 N–H and O–H groups in total. The minimum Gasteiger partial charge on any atom is -0.357 e. The van der Waals surface area contributed by atoms with Crippen LogP contribution in [0.5, 0.6) is 0 Å². The van der Waals surface area contributed by atoms with Crippen molar-refractivity contribution >= 4 is 10.9 Å². The lowest BCUT2D eigenvalue weighted by Crippen LogP contribution is -2.44. The highest BCUT2D eigenvalue weighted by Gasteiger charge is 2.30. The normalized spacial score (nSPS) is 20.4. The molecule has 108 valence electrons. The van der Waals surface area contributed by atoms with Gasteiger partial charge in [-0.2, -0.15) is 0 Å². The minimum absolute atomic E-state index is 0.175. The van der Waals surface area contributed by atoms with E-state index in [0.29, 0.717) is 18.5 Å². The summed E-state index contributed by atoms with van der Waals surface area (Å²) in [5, 5.41) is 0.702. The summed E-state index contributed by atoms with van der Waals surface area (Å²) >= 11 is 0. The molecule has 2 heterocycles. The Morgan fingerprint density at radius 3 is 2.85 bits per heavy atom. The maximum atomic E-state index is 14.0. The Morgan fingerprint density at radius 2 is 2.15 bits per heavy atom. The highest BCUT2D eigenvalue weighted by atomic mass is 19.1. The third kappa shape index (κ3) is 2.33. The van der Waals surface area contributed by atoms with Crippen molar-refractivity contribution < 1.29 is 8.78 Å². The van der Waals surface area contributed by atoms with Gasteiger partial charge in [0.1, 0.15) is 11.5 Å². The number of nitrogens with one attached hydrogen (secondary N) is 1. The van der Waals surface area contributed by atoms with Gasteiger partial charge in [-0.3, -0.25) is 4.90 Å². The Morgan fingerprint density at radius 1 is 1.40 bits per heavy atom. The van der Waals surface area contributed by atoms with E-state index in [9.17, 15) is 8.78 Å². The third-order valence-electron chi connectivity index (χ3n) is 4.03. The minimum atomic E-state index is -1.22. The number of hydrogen-bond donors (Lipinski definition) is 1. The summed E-state index contributed by atoms with van der Waals surface area (Å²) in [6, 6.07) is 5.32. The number of nitrogens with zero attached hydrogens (tertiary/aromatic N) is 1. The second-order valence-corrected chi connectivity index (χ2v) is 6.42. The van der Waals surface area contributed by atoms with Gasteiger partial charge in [-0.05, 0) is 44.9 Å². The summed E-state index contributed by atoms with van der Waals surface area (Å²) in [5.41, 5.74) is 1.69. The fourth-order valence-electron chi connectivity index (χ4n) is 3.16. The first kappa shape index (κ1) is 13.6. The van der Waals surface area contributed by atoms with Gasteiger partial charge in [0.05, 0.1) is 0 Å². The molecule has 4 heteroatoms. The van der Waals surface area contributed by atoms with Crippen molar-refractivity contribution in [1.82, 2.24) is 9.88 Å². The average molecular weight is 278 g/mol. The largest absolute Gasteiger partial charge is 0.357 e. The smallest absolute Gasteiger partial charge is 0.132 e. The zero-order valence-electron chi connectivity index (χ0n) is 12.1. The van der Waals surface area contributed by atoms with E-state index >= 15 is 0 Å². The number of aromatic nitrogens is 1. The number of fused-ring (bicyclic) bond motifs is 3. The molecule has 1 aliphatic rings. The average Bonchev–Trinajstić information content (AvgIpc) is 2.66. The van der Waals surface area contributed by atoms with Gasteiger partial charge < -0.3 is 4.98 Å². The van der Waals surface area contributed by atoms with Crippen LogP contribution < -0.4 is 0 Å². The van der Waals surface area contributed by atoms with Crippen molar-refractivity contribution in [2.24, 2.45) is 0 Å². The highest BCUT2D eigenvalue weighted by Crippen LogP contribution is 2.32. The number of benzene rings is 1. The summed E-state index contributed by atoms with van der Waals surface area (Å²) in [6.07, 6.45) is 0.756. The quantitative estimate of drug-likeness (QED) is 0.885. The van der Waals surface area contributed by atoms with Gasteiger partial charge in [-0.1, -0.05) is 6.07 Å². The van der Waals surface area contributed by atoms with Crippen molar-refractivity contribution in [1.29, 1.82) is 0 Å². The van der Waals surface area contributed by atoms with Crippen molar-refractivity contribution in [3.8, 4) is 0 Å². The Hall–Kier alpha value is -1.42. The molecule has 1 aromatic carbocycles. The summed E-state index contributed by atoms with van der Waals surface area (Å²) in [4.78, 5) is 5.41. The Kier molecular flexibility index (Phi) is 3.09. The SMILES string of the molecule is CC1Cc2c([nH]c3cccc(F)c23)CN1CC(C)(C)F. The standard InChI is InChI=1S/C16H20F2N2/c1-10-7-11-14(8-20(10)9-16(2,3)18)19-13-6-4-5-12(17)15(11)13/h4-6,10,19H,7-9H2,1-3H3. The molecule has 1 aromatic heterocycles. The van der Waals surface area contributed by atoms with E-state index in [4.69, 9.17) is 0 Å². The maximum Gasteiger partial charge on any atom is 0.132 e. The van der Waals surface area contributed by atoms with Crippen LogP contribution in [-0.4, -0.2) is 28.1 Å². The number of rotatable bonds is 2. The molecule has 0 aliphatic carbocycles. The molecule has 0 radical (unpaired) electrons. The monoisotopic (exact) mass is 278 g/mol. The molecule has 2 aromatic rings. The lowest BCUT2D eigenvalue weighted by Gasteiger charge is -2.36. The third-order valence-corrected chi connectivity index (χ3v) is 4.03. The predicted molar refractivity (Wildman–Crippen MR) is 77.0 cm³/mol. The molecule has 0 fully saturated rings. The van der Waals surface area contributed by atoms with Gasteiger partial charge in [-0.25, -0.2) is 8.78 Å². The fourth-order valence-corrected chi connectivity index (χ4v) is 3.16. The van der Waals surface area contributed by atoms with Gasteiger partial charge in [0.25, 0.3) is 0 Å². The van der Waals surface area contributed by atoms with Crippen LogP contribution in [0.15, 0.2) is 18.2 Å². The molecule has 1 unspecified atom stereocenters. The van der Waals surface area contributed by atoms with Gasteiger partial charge in [0.2, 0.25) is 0 Å². The second kappa shape index (κ2) is 4.55. The van der Waals surface area contributed by atoms with Crippen LogP contribution in [0, 0.1) is 5.82 Å². The topological polar surface area (TPSA) is 19.0 Å². The molecule has 20 heavy (non-hydrogen) atoms. The van der Waals surface area contributed by atoms with Crippen LogP contribution in [0.3, 0.4) is 0 Å². The zero-order chi connectivity index (χ0) is 14.5. The molecular weight excluding hydrogens is 258 g/mol. The molecule has 2 nitrogen and oxygen atoms in total. The molecular formula is C16H20F2N2. The first-order valence-corrected chi connectivity index (χ1v) is 7.06. The van der Waals surface area contributed by atoms with E-state index in [1.807, 2.05) is 6.07 Å². The summed E-state index contributed by atoms with van der Waals surface area (Å²) in [6.45, 7) is 6.32. The van der Waals surface area contributed by atoms with Crippen LogP contribution in [0.1, 0.15) is 32.0 Å². The molecule has 1 atom stereocenters. The number of halogens is 2. The van der Waals surface area contributed by atoms with Crippen LogP contribution in [0.4, 0.5) is 8.78 Å². The first-order valence-electron chi connectivity index (χ1n) is 7.06. The molecule has 0 saturated carbocycles. The van der Waals surface area contributed by atoms with Crippen molar-refractivity contribution in [3.63, 3.8) is 0 Å². The molecule has 3 rings (SSSR count). The van der Waals surface area contributed by atoms with E-state index in [-0.39, 0.29) is 11.9 Å². The van der Waals surface area contributed by atoms with Gasteiger partial charge in [0, 0.05) is 35.7 Å². The summed E-state index contributed by atoms with van der Waals surface area (Å²) in [5.74, 6) is -0.175. The van der Waals surface area contributed by atoms with Gasteiger partial charge >= 0.3 is 0 Å². The second-order valence-electron chi connectivity index (χ2n) is 6.42. The first-order chi connectivity index (χ1) is 9.35. The number of aromatic amines is 1. The van der Waals surface area contributed by atoms with E-state index in [0.717, 1.165) is 23.2 Å². The fraction of sp³-hybridized carbons (Fsp3) is 0.500. The molecule has 1 aliphatic heterocycles. The summed E-state index contributed by atoms with van der Waals surface area (Å²) < 4.78 is 27.9. The van der Waals surface area contributed by atoms with Crippen LogP contribution in [0.25, 0.3) is 10.9 Å². The van der Waals surface area contributed by atoms with Crippen molar-refractivity contribution in [3.05, 3.63) is 35.3 Å². The van der Waals surface area contributed by atoms with Gasteiger partial charge in [-0.15, -0.1) is 0 Å². The molecule has 0 bridgehead atoms. The Balaban J connectivity index is 2.00. The lowest BCUT2D eigenvalue weighted by molar-refractivity contribution is 0.0852. The van der Waals surface area contributed by atoms with E-state index < -0.39 is 5.67 Å². The molecule has 0 amide bonds. The number of alkyl halides is 1. The van der Waals surface area contributed by atoms with E-state index in [1.54, 1.807) is 19.9 Å². The maximum absolute atomic E-state index is 14.0. The van der Waals surface area contributed by atoms with Crippen molar-refractivity contribution in [2.75, 3.05) is 6.54 Å². The molecule has 0 saturated heterocycles. The van der Waals surface area contributed by atoms with Crippen LogP contribution in [0.2, 0.25) is 0 Å². The van der Waals surface area contributed by atoms with Crippen LogP contribution >= 0.6 is 0 Å². The van der Waals surface area contributed by atoms with Gasteiger partial charge in [0.15, 0.2) is 0 Å².